The summed E-state index contributed by atoms with van der Waals surface area (Å²) in [5.41, 5.74) is 1.78. The van der Waals surface area contributed by atoms with Gasteiger partial charge in [0, 0.05) is 44.8 Å². The number of amides is 2. The predicted molar refractivity (Wildman–Crippen MR) is 113 cm³/mol. The molecule has 29 heavy (non-hydrogen) atoms. The van der Waals surface area contributed by atoms with Gasteiger partial charge in [0.1, 0.15) is 11.3 Å². The Labute approximate surface area is 172 Å². The van der Waals surface area contributed by atoms with Crippen molar-refractivity contribution >= 4 is 22.7 Å². The maximum absolute atomic E-state index is 12.9. The SMILES string of the molecule is COc1ccc(CN(C)C(=O)CC2C(=O)NCCN2CC(C)C)c2cccnc12. The minimum atomic E-state index is -0.407. The van der Waals surface area contributed by atoms with E-state index in [0.717, 1.165) is 29.6 Å². The van der Waals surface area contributed by atoms with Crippen LogP contribution in [0.1, 0.15) is 25.8 Å². The lowest BCUT2D eigenvalue weighted by atomic mass is 10.0. The summed E-state index contributed by atoms with van der Waals surface area (Å²) in [7, 11) is 3.40. The Morgan fingerprint density at radius 3 is 2.90 bits per heavy atom. The fourth-order valence-electron chi connectivity index (χ4n) is 3.84. The number of nitrogens with zero attached hydrogens (tertiary/aromatic N) is 3. The molecule has 1 atom stereocenters. The van der Waals surface area contributed by atoms with Gasteiger partial charge >= 0.3 is 0 Å². The molecule has 2 aromatic rings. The second-order valence-electron chi connectivity index (χ2n) is 7.98. The van der Waals surface area contributed by atoms with E-state index in [9.17, 15) is 9.59 Å². The lowest BCUT2D eigenvalue weighted by molar-refractivity contribution is -0.138. The molecule has 1 aromatic carbocycles. The normalized spacial score (nSPS) is 17.4. The number of carbonyl (C=O) groups is 2. The number of hydrogen-bond donors (Lipinski definition) is 1. The molecule has 0 spiro atoms. The van der Waals surface area contributed by atoms with E-state index >= 15 is 0 Å². The quantitative estimate of drug-likeness (QED) is 0.773. The lowest BCUT2D eigenvalue weighted by Crippen LogP contribution is -2.57. The van der Waals surface area contributed by atoms with Crippen LogP contribution < -0.4 is 10.1 Å². The first kappa shape index (κ1) is 21.0. The smallest absolute Gasteiger partial charge is 0.237 e. The van der Waals surface area contributed by atoms with Gasteiger partial charge in [-0.05, 0) is 23.6 Å². The van der Waals surface area contributed by atoms with E-state index in [-0.39, 0.29) is 18.2 Å². The Morgan fingerprint density at radius 1 is 1.38 bits per heavy atom. The van der Waals surface area contributed by atoms with Crippen LogP contribution in [0, 0.1) is 5.92 Å². The molecule has 0 saturated carbocycles. The number of fused-ring (bicyclic) bond motifs is 1. The van der Waals surface area contributed by atoms with Gasteiger partial charge in [0.15, 0.2) is 0 Å². The van der Waals surface area contributed by atoms with Crippen molar-refractivity contribution < 1.29 is 14.3 Å². The summed E-state index contributed by atoms with van der Waals surface area (Å²) in [6, 6.07) is 7.29. The van der Waals surface area contributed by atoms with Crippen molar-refractivity contribution in [3.8, 4) is 5.75 Å². The van der Waals surface area contributed by atoms with Gasteiger partial charge in [0.05, 0.1) is 19.6 Å². The van der Waals surface area contributed by atoms with Crippen LogP contribution in [0.2, 0.25) is 0 Å². The standard InChI is InChI=1S/C22H30N4O3/c1-15(2)13-26-11-10-24-22(28)18(26)12-20(27)25(3)14-16-7-8-19(29-4)21-17(16)6-5-9-23-21/h5-9,15,18H,10-14H2,1-4H3,(H,24,28). The molecule has 156 valence electrons. The van der Waals surface area contributed by atoms with Crippen LogP contribution in [0.5, 0.6) is 5.75 Å². The second-order valence-corrected chi connectivity index (χ2v) is 7.98. The van der Waals surface area contributed by atoms with Gasteiger partial charge in [-0.1, -0.05) is 26.0 Å². The number of methoxy groups -OCH3 is 1. The fraction of sp³-hybridized carbons (Fsp3) is 0.500. The Kier molecular flexibility index (Phi) is 6.69. The number of nitrogens with one attached hydrogen (secondary N) is 1. The van der Waals surface area contributed by atoms with E-state index in [1.807, 2.05) is 24.3 Å². The van der Waals surface area contributed by atoms with E-state index in [1.54, 1.807) is 25.3 Å². The van der Waals surface area contributed by atoms with E-state index in [1.165, 1.54) is 0 Å². The zero-order valence-electron chi connectivity index (χ0n) is 17.6. The van der Waals surface area contributed by atoms with E-state index in [4.69, 9.17) is 4.74 Å². The molecule has 2 heterocycles. The maximum atomic E-state index is 12.9. The molecule has 0 bridgehead atoms. The van der Waals surface area contributed by atoms with Crippen LogP contribution in [-0.2, 0) is 16.1 Å². The van der Waals surface area contributed by atoms with Gasteiger partial charge in [-0.3, -0.25) is 19.5 Å². The lowest BCUT2D eigenvalue weighted by Gasteiger charge is -2.36. The van der Waals surface area contributed by atoms with Crippen molar-refractivity contribution in [2.45, 2.75) is 32.9 Å². The molecule has 7 nitrogen and oxygen atoms in total. The number of hydrogen-bond acceptors (Lipinski definition) is 5. The average molecular weight is 399 g/mol. The maximum Gasteiger partial charge on any atom is 0.237 e. The van der Waals surface area contributed by atoms with Crippen molar-refractivity contribution in [1.82, 2.24) is 20.1 Å². The van der Waals surface area contributed by atoms with Crippen LogP contribution in [0.25, 0.3) is 10.9 Å². The third-order valence-corrected chi connectivity index (χ3v) is 5.29. The van der Waals surface area contributed by atoms with E-state index in [2.05, 4.69) is 29.0 Å². The van der Waals surface area contributed by atoms with Gasteiger partial charge in [0.2, 0.25) is 11.8 Å². The summed E-state index contributed by atoms with van der Waals surface area (Å²) in [4.78, 5) is 33.6. The summed E-state index contributed by atoms with van der Waals surface area (Å²) in [5, 5.41) is 3.85. The largest absolute Gasteiger partial charge is 0.494 e. The first-order chi connectivity index (χ1) is 13.9. The molecule has 1 aromatic heterocycles. The van der Waals surface area contributed by atoms with Crippen molar-refractivity contribution in [2.24, 2.45) is 5.92 Å². The highest BCUT2D eigenvalue weighted by Gasteiger charge is 2.32. The third-order valence-electron chi connectivity index (χ3n) is 5.29. The summed E-state index contributed by atoms with van der Waals surface area (Å²) in [5.74, 6) is 1.04. The molecule has 0 radical (unpaired) electrons. The molecule has 2 amide bonds. The van der Waals surface area contributed by atoms with E-state index in [0.29, 0.717) is 24.8 Å². The Morgan fingerprint density at radius 2 is 2.17 bits per heavy atom. The first-order valence-corrected chi connectivity index (χ1v) is 10.1. The van der Waals surface area contributed by atoms with Crippen molar-refractivity contribution in [3.63, 3.8) is 0 Å². The fourth-order valence-corrected chi connectivity index (χ4v) is 3.84. The third kappa shape index (κ3) is 4.85. The zero-order chi connectivity index (χ0) is 21.0. The molecule has 1 aliphatic rings. The topological polar surface area (TPSA) is 74.8 Å². The van der Waals surface area contributed by atoms with E-state index < -0.39 is 6.04 Å². The number of rotatable bonds is 7. The van der Waals surface area contributed by atoms with Gasteiger partial charge in [-0.2, -0.15) is 0 Å². The molecule has 7 heteroatoms. The highest BCUT2D eigenvalue weighted by atomic mass is 16.5. The molecule has 1 aliphatic heterocycles. The van der Waals surface area contributed by atoms with Gasteiger partial charge in [0.25, 0.3) is 0 Å². The average Bonchev–Trinajstić information content (AvgIpc) is 2.70. The Hall–Kier alpha value is -2.67. The Bertz CT molecular complexity index is 883. The number of ether oxygens (including phenoxy) is 1. The monoisotopic (exact) mass is 398 g/mol. The predicted octanol–water partition coefficient (Wildman–Crippen LogP) is 2.05. The van der Waals surface area contributed by atoms with Crippen LogP contribution in [0.4, 0.5) is 0 Å². The zero-order valence-corrected chi connectivity index (χ0v) is 17.6. The summed E-state index contributed by atoms with van der Waals surface area (Å²) < 4.78 is 5.40. The molecule has 1 fully saturated rings. The number of benzene rings is 1. The molecular weight excluding hydrogens is 368 g/mol. The number of aromatic nitrogens is 1. The molecular formula is C22H30N4O3. The molecule has 3 rings (SSSR count). The van der Waals surface area contributed by atoms with Crippen LogP contribution in [-0.4, -0.2) is 66.4 Å². The van der Waals surface area contributed by atoms with Crippen LogP contribution in [0.15, 0.2) is 30.5 Å². The van der Waals surface area contributed by atoms with Crippen LogP contribution >= 0.6 is 0 Å². The Balaban J connectivity index is 1.74. The number of piperazine rings is 1. The van der Waals surface area contributed by atoms with Crippen molar-refractivity contribution in [1.29, 1.82) is 0 Å². The summed E-state index contributed by atoms with van der Waals surface area (Å²) in [6.07, 6.45) is 1.91. The summed E-state index contributed by atoms with van der Waals surface area (Å²) in [6.45, 7) is 6.92. The second kappa shape index (κ2) is 9.22. The molecule has 1 N–H and O–H groups in total. The van der Waals surface area contributed by atoms with Crippen molar-refractivity contribution in [3.05, 3.63) is 36.0 Å². The van der Waals surface area contributed by atoms with Gasteiger partial charge in [-0.25, -0.2) is 0 Å². The summed E-state index contributed by atoms with van der Waals surface area (Å²) >= 11 is 0. The molecule has 1 unspecified atom stereocenters. The molecule has 0 aliphatic carbocycles. The van der Waals surface area contributed by atoms with Gasteiger partial charge < -0.3 is 15.0 Å². The highest BCUT2D eigenvalue weighted by Crippen LogP contribution is 2.27. The molecule has 1 saturated heterocycles. The van der Waals surface area contributed by atoms with Crippen LogP contribution in [0.3, 0.4) is 0 Å². The van der Waals surface area contributed by atoms with Gasteiger partial charge in [-0.15, -0.1) is 0 Å². The first-order valence-electron chi connectivity index (χ1n) is 10.1. The number of carbonyl (C=O) groups excluding carboxylic acids is 2. The number of pyridine rings is 1. The minimum absolute atomic E-state index is 0.0475. The van der Waals surface area contributed by atoms with Crippen molar-refractivity contribution in [2.75, 3.05) is 33.8 Å². The minimum Gasteiger partial charge on any atom is -0.494 e. The highest BCUT2D eigenvalue weighted by molar-refractivity contribution is 5.90.